The van der Waals surface area contributed by atoms with Crippen LogP contribution in [0.3, 0.4) is 0 Å². The molecule has 0 bridgehead atoms. The minimum Gasteiger partial charge on any atom is -0.477 e. The summed E-state index contributed by atoms with van der Waals surface area (Å²) in [6.45, 7) is 0. The van der Waals surface area contributed by atoms with Gasteiger partial charge < -0.3 is 16.3 Å². The van der Waals surface area contributed by atoms with E-state index in [4.69, 9.17) is 10.8 Å². The van der Waals surface area contributed by atoms with Crippen LogP contribution in [0.25, 0.3) is 0 Å². The van der Waals surface area contributed by atoms with Crippen LogP contribution in [0.4, 0.5) is 5.82 Å². The molecule has 6 heteroatoms. The topological polar surface area (TPSA) is 121 Å². The first-order chi connectivity index (χ1) is 4.72. The fourth-order valence-electron chi connectivity index (χ4n) is 0.504. The van der Waals surface area contributed by atoms with Gasteiger partial charge in [-0.25, -0.2) is 14.8 Å². The molecule has 6 nitrogen and oxygen atoms in total. The molecule has 5 N–H and O–H groups in total. The largest absolute Gasteiger partial charge is 0.477 e. The maximum Gasteiger partial charge on any atom is 0.341 e. The molecule has 0 unspecified atom stereocenters. The van der Waals surface area contributed by atoms with Gasteiger partial charge >= 0.3 is 5.97 Å². The maximum atomic E-state index is 10.3. The highest BCUT2D eigenvalue weighted by Crippen LogP contribution is 2.02. The summed E-state index contributed by atoms with van der Waals surface area (Å²) in [5.41, 5.74) is 5.12. The second-order valence-electron chi connectivity index (χ2n) is 1.63. The van der Waals surface area contributed by atoms with E-state index in [1.165, 1.54) is 6.33 Å². The molecular formula is C5H7N3O3. The van der Waals surface area contributed by atoms with Gasteiger partial charge in [0.2, 0.25) is 0 Å². The Balaban J connectivity index is 0.000001000. The van der Waals surface area contributed by atoms with Crippen molar-refractivity contribution in [2.24, 2.45) is 0 Å². The van der Waals surface area contributed by atoms with E-state index >= 15 is 0 Å². The number of hydrogen-bond acceptors (Lipinski definition) is 4. The number of rotatable bonds is 1. The van der Waals surface area contributed by atoms with Crippen LogP contribution in [0.2, 0.25) is 0 Å². The predicted molar refractivity (Wildman–Crippen MR) is 37.0 cm³/mol. The number of aromatic carboxylic acids is 1. The predicted octanol–water partition coefficient (Wildman–Crippen LogP) is -1.07. The molecule has 0 spiro atoms. The number of nitrogen functional groups attached to an aromatic ring is 1. The average Bonchev–Trinajstić information content (AvgIpc) is 1.88. The molecule has 60 valence electrons. The van der Waals surface area contributed by atoms with Crippen molar-refractivity contribution in [3.63, 3.8) is 0 Å². The van der Waals surface area contributed by atoms with Crippen LogP contribution in [0, 0.1) is 0 Å². The van der Waals surface area contributed by atoms with Gasteiger partial charge in [0, 0.05) is 6.20 Å². The standard InChI is InChI=1S/C5H5N3O2.H2O/c6-4-3(5(9)10)1-7-2-8-4;/h1-2H,(H,9,10)(H2,6,7,8);1H2. The third-order valence-corrected chi connectivity index (χ3v) is 0.973. The Morgan fingerprint density at radius 3 is 2.64 bits per heavy atom. The van der Waals surface area contributed by atoms with Crippen molar-refractivity contribution in [1.29, 1.82) is 0 Å². The first kappa shape index (κ1) is 9.31. The molecule has 0 aliphatic rings. The van der Waals surface area contributed by atoms with Gasteiger partial charge in [-0.1, -0.05) is 0 Å². The molecule has 1 heterocycles. The lowest BCUT2D eigenvalue weighted by molar-refractivity contribution is 0.0697. The van der Waals surface area contributed by atoms with Crippen LogP contribution < -0.4 is 5.73 Å². The normalized spacial score (nSPS) is 8.36. The number of anilines is 1. The van der Waals surface area contributed by atoms with Crippen molar-refractivity contribution in [2.45, 2.75) is 0 Å². The Morgan fingerprint density at radius 2 is 2.27 bits per heavy atom. The fourth-order valence-corrected chi connectivity index (χ4v) is 0.504. The highest BCUT2D eigenvalue weighted by Gasteiger charge is 2.06. The van der Waals surface area contributed by atoms with Crippen LogP contribution in [-0.2, 0) is 0 Å². The van der Waals surface area contributed by atoms with E-state index in [0.717, 1.165) is 6.20 Å². The molecule has 0 saturated carbocycles. The number of nitrogens with two attached hydrogens (primary N) is 1. The highest BCUT2D eigenvalue weighted by atomic mass is 16.4. The van der Waals surface area contributed by atoms with Crippen molar-refractivity contribution in [3.8, 4) is 0 Å². The number of carboxylic acids is 1. The number of carboxylic acid groups (broad SMARTS) is 1. The first-order valence-corrected chi connectivity index (χ1v) is 2.50. The highest BCUT2D eigenvalue weighted by molar-refractivity contribution is 5.91. The summed E-state index contributed by atoms with van der Waals surface area (Å²) < 4.78 is 0. The van der Waals surface area contributed by atoms with E-state index in [-0.39, 0.29) is 16.9 Å². The Kier molecular flexibility index (Phi) is 2.94. The van der Waals surface area contributed by atoms with Crippen LogP contribution in [0.5, 0.6) is 0 Å². The molecule has 0 saturated heterocycles. The molecule has 0 aromatic carbocycles. The second kappa shape index (κ2) is 3.47. The number of nitrogens with zero attached hydrogens (tertiary/aromatic N) is 2. The summed E-state index contributed by atoms with van der Waals surface area (Å²) >= 11 is 0. The molecule has 0 radical (unpaired) electrons. The quantitative estimate of drug-likeness (QED) is 0.537. The van der Waals surface area contributed by atoms with E-state index in [0.29, 0.717) is 0 Å². The van der Waals surface area contributed by atoms with Crippen LogP contribution >= 0.6 is 0 Å². The monoisotopic (exact) mass is 157 g/mol. The number of aromatic nitrogens is 2. The molecule has 0 atom stereocenters. The molecule has 1 rings (SSSR count). The zero-order valence-electron chi connectivity index (χ0n) is 5.48. The van der Waals surface area contributed by atoms with Crippen molar-refractivity contribution >= 4 is 11.8 Å². The maximum absolute atomic E-state index is 10.3. The van der Waals surface area contributed by atoms with Gasteiger partial charge in [0.1, 0.15) is 17.7 Å². The van der Waals surface area contributed by atoms with Gasteiger partial charge in [-0.15, -0.1) is 0 Å². The van der Waals surface area contributed by atoms with Crippen molar-refractivity contribution in [1.82, 2.24) is 9.97 Å². The van der Waals surface area contributed by atoms with Gasteiger partial charge in [-0.3, -0.25) is 0 Å². The minimum atomic E-state index is -1.11. The van der Waals surface area contributed by atoms with E-state index in [1.54, 1.807) is 0 Å². The SMILES string of the molecule is Nc1ncncc1C(=O)O.O. The molecule has 0 fully saturated rings. The van der Waals surface area contributed by atoms with Crippen LogP contribution in [-0.4, -0.2) is 26.5 Å². The smallest absolute Gasteiger partial charge is 0.341 e. The molecule has 1 aromatic rings. The molecule has 0 aliphatic heterocycles. The zero-order valence-corrected chi connectivity index (χ0v) is 5.48. The molecule has 0 amide bonds. The number of carbonyl (C=O) groups is 1. The third-order valence-electron chi connectivity index (χ3n) is 0.973. The molecular weight excluding hydrogens is 150 g/mol. The Morgan fingerprint density at radius 1 is 1.64 bits per heavy atom. The summed E-state index contributed by atoms with van der Waals surface area (Å²) in [6, 6.07) is 0. The molecule has 0 aliphatic carbocycles. The summed E-state index contributed by atoms with van der Waals surface area (Å²) in [4.78, 5) is 17.2. The molecule has 1 aromatic heterocycles. The van der Waals surface area contributed by atoms with Gasteiger partial charge in [-0.05, 0) is 0 Å². The van der Waals surface area contributed by atoms with Crippen molar-refractivity contribution < 1.29 is 15.4 Å². The summed E-state index contributed by atoms with van der Waals surface area (Å²) in [7, 11) is 0. The van der Waals surface area contributed by atoms with Gasteiger partial charge in [0.05, 0.1) is 0 Å². The minimum absolute atomic E-state index is 0. The molecule has 11 heavy (non-hydrogen) atoms. The van der Waals surface area contributed by atoms with E-state index in [9.17, 15) is 4.79 Å². The van der Waals surface area contributed by atoms with Gasteiger partial charge in [0.25, 0.3) is 0 Å². The fraction of sp³-hybridized carbons (Fsp3) is 0. The third kappa shape index (κ3) is 1.87. The lowest BCUT2D eigenvalue weighted by Crippen LogP contribution is -2.04. The van der Waals surface area contributed by atoms with Crippen molar-refractivity contribution in [2.75, 3.05) is 5.73 Å². The Labute approximate surface area is 62.0 Å². The van der Waals surface area contributed by atoms with E-state index in [1.807, 2.05) is 0 Å². The van der Waals surface area contributed by atoms with E-state index in [2.05, 4.69) is 9.97 Å². The summed E-state index contributed by atoms with van der Waals surface area (Å²) in [5, 5.41) is 8.41. The van der Waals surface area contributed by atoms with Crippen LogP contribution in [0.1, 0.15) is 10.4 Å². The second-order valence-corrected chi connectivity index (χ2v) is 1.63. The van der Waals surface area contributed by atoms with Crippen LogP contribution in [0.15, 0.2) is 12.5 Å². The summed E-state index contributed by atoms with van der Waals surface area (Å²) in [6.07, 6.45) is 2.35. The lowest BCUT2D eigenvalue weighted by atomic mass is 10.3. The average molecular weight is 157 g/mol. The van der Waals surface area contributed by atoms with Gasteiger partial charge in [0.15, 0.2) is 0 Å². The Bertz CT molecular complexity index is 263. The zero-order chi connectivity index (χ0) is 7.56. The Hall–Kier alpha value is -1.69. The van der Waals surface area contributed by atoms with E-state index < -0.39 is 5.97 Å². The van der Waals surface area contributed by atoms with Crippen molar-refractivity contribution in [3.05, 3.63) is 18.1 Å². The first-order valence-electron chi connectivity index (χ1n) is 2.50. The lowest BCUT2D eigenvalue weighted by Gasteiger charge is -1.94. The van der Waals surface area contributed by atoms with Gasteiger partial charge in [-0.2, -0.15) is 0 Å². The number of hydrogen-bond donors (Lipinski definition) is 2. The summed E-state index contributed by atoms with van der Waals surface area (Å²) in [5.74, 6) is -1.12.